The second-order valence-corrected chi connectivity index (χ2v) is 4.28. The first-order chi connectivity index (χ1) is 7.67. The minimum Gasteiger partial charge on any atom is -0.497 e. The summed E-state index contributed by atoms with van der Waals surface area (Å²) in [4.78, 5) is 11.9. The van der Waals surface area contributed by atoms with Crippen LogP contribution in [0.25, 0.3) is 11.0 Å². The lowest BCUT2D eigenvalue weighted by Crippen LogP contribution is -2.05. The second-order valence-electron chi connectivity index (χ2n) is 3.12. The summed E-state index contributed by atoms with van der Waals surface area (Å²) in [6.45, 7) is 0. The maximum atomic E-state index is 11.9. The van der Waals surface area contributed by atoms with E-state index in [9.17, 15) is 4.79 Å². The normalized spacial score (nSPS) is 10.4. The molecule has 1 aromatic heterocycles. The number of halogens is 1. The van der Waals surface area contributed by atoms with Gasteiger partial charge in [-0.25, -0.2) is 0 Å². The van der Waals surface area contributed by atoms with Gasteiger partial charge >= 0.3 is 0 Å². The topological polar surface area (TPSA) is 48.7 Å². The van der Waals surface area contributed by atoms with Gasteiger partial charge in [-0.15, -0.1) is 0 Å². The monoisotopic (exact) mass is 332 g/mol. The molecule has 16 heavy (non-hydrogen) atoms. The van der Waals surface area contributed by atoms with Gasteiger partial charge in [0.25, 0.3) is 0 Å². The molecule has 0 atom stereocenters. The molecule has 0 radical (unpaired) electrons. The van der Waals surface area contributed by atoms with E-state index < -0.39 is 0 Å². The van der Waals surface area contributed by atoms with Gasteiger partial charge in [0.1, 0.15) is 12.0 Å². The fourth-order valence-electron chi connectivity index (χ4n) is 1.43. The molecule has 4 nitrogen and oxygen atoms in total. The van der Waals surface area contributed by atoms with Crippen molar-refractivity contribution in [3.05, 3.63) is 32.2 Å². The molecule has 84 valence electrons. The predicted octanol–water partition coefficient (Wildman–Crippen LogP) is 2.41. The molecule has 0 aliphatic heterocycles. The zero-order chi connectivity index (χ0) is 11.7. The first kappa shape index (κ1) is 11.3. The van der Waals surface area contributed by atoms with Crippen molar-refractivity contribution in [1.29, 1.82) is 0 Å². The number of fused-ring (bicyclic) bond motifs is 1. The molecule has 0 amide bonds. The smallest absolute Gasteiger partial charge is 0.206 e. The zero-order valence-corrected chi connectivity index (χ0v) is 10.9. The van der Waals surface area contributed by atoms with E-state index in [1.807, 2.05) is 22.6 Å². The molecule has 1 aromatic carbocycles. The van der Waals surface area contributed by atoms with Crippen LogP contribution in [-0.4, -0.2) is 14.2 Å². The summed E-state index contributed by atoms with van der Waals surface area (Å²) in [5, 5.41) is 0.461. The van der Waals surface area contributed by atoms with E-state index >= 15 is 0 Å². The van der Waals surface area contributed by atoms with Crippen LogP contribution >= 0.6 is 22.6 Å². The van der Waals surface area contributed by atoms with E-state index in [1.54, 1.807) is 12.1 Å². The molecule has 0 aliphatic rings. The summed E-state index contributed by atoms with van der Waals surface area (Å²) in [6.07, 6.45) is 1.42. The van der Waals surface area contributed by atoms with Gasteiger partial charge < -0.3 is 13.9 Å². The Kier molecular flexibility index (Phi) is 3.04. The molecule has 2 aromatic rings. The molecule has 0 aliphatic carbocycles. The molecule has 0 unspecified atom stereocenters. The highest BCUT2D eigenvalue weighted by atomic mass is 127. The van der Waals surface area contributed by atoms with Crippen molar-refractivity contribution in [2.45, 2.75) is 0 Å². The van der Waals surface area contributed by atoms with Crippen LogP contribution in [0.5, 0.6) is 11.5 Å². The Hall–Kier alpha value is -1.24. The van der Waals surface area contributed by atoms with Gasteiger partial charge in [0.05, 0.1) is 23.2 Å². The SMILES string of the molecule is COc1cc(OC)c2occ(I)c(=O)c2c1. The van der Waals surface area contributed by atoms with Gasteiger partial charge in [-0.2, -0.15) is 0 Å². The van der Waals surface area contributed by atoms with E-state index in [1.165, 1.54) is 20.5 Å². The summed E-state index contributed by atoms with van der Waals surface area (Å²) in [5.41, 5.74) is 0.354. The predicted molar refractivity (Wildman–Crippen MR) is 68.3 cm³/mol. The number of ether oxygens (including phenoxy) is 2. The highest BCUT2D eigenvalue weighted by Crippen LogP contribution is 2.29. The van der Waals surface area contributed by atoms with Gasteiger partial charge in [-0.05, 0) is 28.7 Å². The Morgan fingerprint density at radius 3 is 2.62 bits per heavy atom. The molecule has 0 N–H and O–H groups in total. The van der Waals surface area contributed by atoms with Gasteiger partial charge in [0.15, 0.2) is 11.3 Å². The van der Waals surface area contributed by atoms with Gasteiger partial charge in [-0.1, -0.05) is 0 Å². The molecule has 0 saturated heterocycles. The Morgan fingerprint density at radius 2 is 2.00 bits per heavy atom. The van der Waals surface area contributed by atoms with Gasteiger partial charge in [0.2, 0.25) is 5.43 Å². The Morgan fingerprint density at radius 1 is 1.25 bits per heavy atom. The van der Waals surface area contributed by atoms with Crippen LogP contribution in [0.3, 0.4) is 0 Å². The molecule has 0 spiro atoms. The van der Waals surface area contributed by atoms with E-state index in [0.29, 0.717) is 26.0 Å². The lowest BCUT2D eigenvalue weighted by molar-refractivity contribution is 0.391. The van der Waals surface area contributed by atoms with Crippen LogP contribution in [0, 0.1) is 3.57 Å². The average molecular weight is 332 g/mol. The number of methoxy groups -OCH3 is 2. The molecule has 2 rings (SSSR count). The molecular weight excluding hydrogens is 323 g/mol. The summed E-state index contributed by atoms with van der Waals surface area (Å²) in [7, 11) is 3.06. The van der Waals surface area contributed by atoms with Crippen LogP contribution in [0.2, 0.25) is 0 Å². The molecular formula is C11H9IO4. The third kappa shape index (κ3) is 1.75. The standard InChI is InChI=1S/C11H9IO4/c1-14-6-3-7-10(13)8(12)5-16-11(7)9(4-6)15-2/h3-5H,1-2H3. The van der Waals surface area contributed by atoms with Crippen LogP contribution in [0.15, 0.2) is 27.6 Å². The first-order valence-corrected chi connectivity index (χ1v) is 5.58. The zero-order valence-electron chi connectivity index (χ0n) is 8.74. The summed E-state index contributed by atoms with van der Waals surface area (Å²) < 4.78 is 16.1. The lowest BCUT2D eigenvalue weighted by atomic mass is 10.2. The number of rotatable bonds is 2. The van der Waals surface area contributed by atoms with Crippen LogP contribution < -0.4 is 14.9 Å². The van der Waals surface area contributed by atoms with Crippen molar-refractivity contribution in [1.82, 2.24) is 0 Å². The first-order valence-electron chi connectivity index (χ1n) is 4.50. The van der Waals surface area contributed by atoms with Crippen LogP contribution in [-0.2, 0) is 0 Å². The fraction of sp³-hybridized carbons (Fsp3) is 0.182. The van der Waals surface area contributed by atoms with Crippen molar-refractivity contribution < 1.29 is 13.9 Å². The van der Waals surface area contributed by atoms with Crippen molar-refractivity contribution in [3.63, 3.8) is 0 Å². The molecule has 0 saturated carbocycles. The van der Waals surface area contributed by atoms with E-state index in [2.05, 4.69) is 0 Å². The Bertz CT molecular complexity index is 588. The quantitative estimate of drug-likeness (QED) is 0.793. The fourth-order valence-corrected chi connectivity index (χ4v) is 1.85. The maximum Gasteiger partial charge on any atom is 0.206 e. The summed E-state index contributed by atoms with van der Waals surface area (Å²) >= 11 is 1.93. The van der Waals surface area contributed by atoms with Crippen molar-refractivity contribution in [2.24, 2.45) is 0 Å². The number of hydrogen-bond acceptors (Lipinski definition) is 4. The molecule has 0 bridgehead atoms. The summed E-state index contributed by atoms with van der Waals surface area (Å²) in [5.74, 6) is 1.06. The summed E-state index contributed by atoms with van der Waals surface area (Å²) in [6, 6.07) is 3.32. The Balaban J connectivity index is 2.90. The number of benzene rings is 1. The second kappa shape index (κ2) is 4.32. The average Bonchev–Trinajstić information content (AvgIpc) is 2.32. The van der Waals surface area contributed by atoms with E-state index in [0.717, 1.165) is 0 Å². The van der Waals surface area contributed by atoms with Crippen molar-refractivity contribution in [2.75, 3.05) is 14.2 Å². The van der Waals surface area contributed by atoms with E-state index in [4.69, 9.17) is 13.9 Å². The highest BCUT2D eigenvalue weighted by molar-refractivity contribution is 14.1. The van der Waals surface area contributed by atoms with E-state index in [-0.39, 0.29) is 5.43 Å². The molecule has 0 fully saturated rings. The number of hydrogen-bond donors (Lipinski definition) is 0. The minimum absolute atomic E-state index is 0.0842. The minimum atomic E-state index is -0.0842. The van der Waals surface area contributed by atoms with Gasteiger partial charge in [-0.3, -0.25) is 4.79 Å². The molecule has 1 heterocycles. The van der Waals surface area contributed by atoms with Crippen molar-refractivity contribution >= 4 is 33.6 Å². The lowest BCUT2D eigenvalue weighted by Gasteiger charge is -2.07. The Labute approximate surface area is 105 Å². The molecule has 5 heteroatoms. The third-order valence-corrected chi connectivity index (χ3v) is 2.97. The largest absolute Gasteiger partial charge is 0.497 e. The van der Waals surface area contributed by atoms with Crippen molar-refractivity contribution in [3.8, 4) is 11.5 Å². The highest BCUT2D eigenvalue weighted by Gasteiger charge is 2.11. The van der Waals surface area contributed by atoms with Crippen LogP contribution in [0.4, 0.5) is 0 Å². The maximum absolute atomic E-state index is 11.9. The third-order valence-electron chi connectivity index (χ3n) is 2.23. The van der Waals surface area contributed by atoms with Gasteiger partial charge in [0, 0.05) is 6.07 Å². The van der Waals surface area contributed by atoms with Crippen LogP contribution in [0.1, 0.15) is 0 Å².